The zero-order valence-electron chi connectivity index (χ0n) is 17.7. The van der Waals surface area contributed by atoms with Crippen LogP contribution < -0.4 is 24.3 Å². The van der Waals surface area contributed by atoms with Gasteiger partial charge in [-0.1, -0.05) is 17.7 Å². The summed E-state index contributed by atoms with van der Waals surface area (Å²) in [5.41, 5.74) is 2.03. The summed E-state index contributed by atoms with van der Waals surface area (Å²) in [5.74, 6) is -0.470. The Morgan fingerprint density at radius 2 is 2.00 bits per heavy atom. The first-order chi connectivity index (χ1) is 15.9. The van der Waals surface area contributed by atoms with Gasteiger partial charge in [0.05, 0.1) is 25.6 Å². The van der Waals surface area contributed by atoms with Crippen molar-refractivity contribution < 1.29 is 33.6 Å². The van der Waals surface area contributed by atoms with Crippen LogP contribution >= 0.6 is 11.6 Å². The minimum absolute atomic E-state index is 0.0246. The van der Waals surface area contributed by atoms with E-state index in [1.165, 1.54) is 20.4 Å². The lowest BCUT2D eigenvalue weighted by molar-refractivity contribution is -0.116. The number of hydrogen-bond donors (Lipinski definition) is 2. The molecule has 5 rings (SSSR count). The van der Waals surface area contributed by atoms with Gasteiger partial charge in [-0.25, -0.2) is 4.79 Å². The van der Waals surface area contributed by atoms with Crippen molar-refractivity contribution in [2.24, 2.45) is 0 Å². The SMILES string of the molecule is COc1c([C@@H]2CC(=O)Nc3c(C(=O)O)cn(-c4cccc(Cl)c4)c32)cc2c(c1OC)OCO2. The number of carboxylic acid groups (broad SMARTS) is 1. The normalized spacial score (nSPS) is 16.2. The van der Waals surface area contributed by atoms with Gasteiger partial charge in [0.15, 0.2) is 11.5 Å². The Bertz CT molecular complexity index is 1300. The van der Waals surface area contributed by atoms with Gasteiger partial charge in [0.1, 0.15) is 5.56 Å². The molecular formula is C23H19ClN2O7. The van der Waals surface area contributed by atoms with Gasteiger partial charge in [-0.3, -0.25) is 4.79 Å². The zero-order valence-corrected chi connectivity index (χ0v) is 18.4. The van der Waals surface area contributed by atoms with E-state index >= 15 is 0 Å². The zero-order chi connectivity index (χ0) is 23.3. The number of benzene rings is 2. The van der Waals surface area contributed by atoms with E-state index in [9.17, 15) is 14.7 Å². The number of rotatable bonds is 5. The molecule has 0 saturated carbocycles. The number of aromatic carboxylic acids is 1. The summed E-state index contributed by atoms with van der Waals surface area (Å²) < 4.78 is 24.1. The fraction of sp³-hybridized carbons (Fsp3) is 0.217. The standard InChI is InChI=1S/C23H19ClN2O7/c1-30-20-14(7-16-21(22(20)31-2)33-10-32-16)13-8-17(27)25-18-15(23(28)29)9-26(19(13)18)12-5-3-4-11(24)6-12/h3-7,9,13H,8,10H2,1-2H3,(H,25,27)(H,28,29)/t13-/m0/s1. The summed E-state index contributed by atoms with van der Waals surface area (Å²) in [7, 11) is 2.98. The van der Waals surface area contributed by atoms with Gasteiger partial charge in [-0.15, -0.1) is 0 Å². The molecule has 0 unspecified atom stereocenters. The highest BCUT2D eigenvalue weighted by molar-refractivity contribution is 6.30. The summed E-state index contributed by atoms with van der Waals surface area (Å²) in [6, 6.07) is 8.77. The predicted octanol–water partition coefficient (Wildman–Crippen LogP) is 4.05. The van der Waals surface area contributed by atoms with Gasteiger partial charge < -0.3 is 33.9 Å². The number of amides is 1. The highest BCUT2D eigenvalue weighted by Gasteiger charge is 2.38. The third-order valence-electron chi connectivity index (χ3n) is 5.73. The van der Waals surface area contributed by atoms with E-state index in [1.54, 1.807) is 28.8 Å². The number of nitrogens with one attached hydrogen (secondary N) is 1. The number of anilines is 1. The minimum Gasteiger partial charge on any atom is -0.492 e. The highest BCUT2D eigenvalue weighted by atomic mass is 35.5. The number of aromatic nitrogens is 1. The van der Waals surface area contributed by atoms with Gasteiger partial charge in [0.2, 0.25) is 24.2 Å². The van der Waals surface area contributed by atoms with Crippen molar-refractivity contribution in [3.8, 4) is 28.7 Å². The Balaban J connectivity index is 1.80. The molecule has 1 aromatic heterocycles. The number of fused-ring (bicyclic) bond motifs is 2. The molecule has 2 aliphatic heterocycles. The first kappa shape index (κ1) is 21.0. The van der Waals surface area contributed by atoms with Crippen molar-refractivity contribution in [1.82, 2.24) is 4.57 Å². The molecule has 0 radical (unpaired) electrons. The first-order valence-corrected chi connectivity index (χ1v) is 10.4. The van der Waals surface area contributed by atoms with Crippen molar-refractivity contribution in [2.75, 3.05) is 26.3 Å². The van der Waals surface area contributed by atoms with Crippen molar-refractivity contribution >= 4 is 29.2 Å². The Labute approximate surface area is 193 Å². The van der Waals surface area contributed by atoms with E-state index in [1.807, 2.05) is 6.07 Å². The lowest BCUT2D eigenvalue weighted by Crippen LogP contribution is -2.26. The molecule has 170 valence electrons. The molecular weight excluding hydrogens is 452 g/mol. The molecule has 2 N–H and O–H groups in total. The lowest BCUT2D eigenvalue weighted by Gasteiger charge is -2.28. The third kappa shape index (κ3) is 3.32. The predicted molar refractivity (Wildman–Crippen MR) is 118 cm³/mol. The van der Waals surface area contributed by atoms with Crippen molar-refractivity contribution in [3.05, 3.63) is 58.4 Å². The molecule has 0 fully saturated rings. The maximum atomic E-state index is 12.7. The van der Waals surface area contributed by atoms with Crippen LogP contribution in [-0.2, 0) is 4.79 Å². The molecule has 3 aromatic rings. The van der Waals surface area contributed by atoms with Crippen LogP contribution in [0.25, 0.3) is 5.69 Å². The van der Waals surface area contributed by atoms with E-state index in [-0.39, 0.29) is 30.4 Å². The smallest absolute Gasteiger partial charge is 0.339 e. The second kappa shape index (κ2) is 7.93. The quantitative estimate of drug-likeness (QED) is 0.579. The number of ether oxygens (including phenoxy) is 4. The average Bonchev–Trinajstić information content (AvgIpc) is 3.41. The Kier molecular flexibility index (Phi) is 5.05. The molecule has 0 bridgehead atoms. The van der Waals surface area contributed by atoms with Crippen LogP contribution in [0.15, 0.2) is 36.5 Å². The number of carbonyl (C=O) groups is 2. The second-order valence-electron chi connectivity index (χ2n) is 7.53. The van der Waals surface area contributed by atoms with Crippen molar-refractivity contribution in [3.63, 3.8) is 0 Å². The molecule has 2 aliphatic rings. The van der Waals surface area contributed by atoms with Crippen LogP contribution in [0, 0.1) is 0 Å². The Hall–Kier alpha value is -3.85. The van der Waals surface area contributed by atoms with Gasteiger partial charge >= 0.3 is 5.97 Å². The molecule has 33 heavy (non-hydrogen) atoms. The molecule has 3 heterocycles. The molecule has 9 nitrogen and oxygen atoms in total. The monoisotopic (exact) mass is 470 g/mol. The number of halogens is 1. The second-order valence-corrected chi connectivity index (χ2v) is 7.97. The summed E-state index contributed by atoms with van der Waals surface area (Å²) in [6.07, 6.45) is 1.53. The van der Waals surface area contributed by atoms with E-state index in [4.69, 9.17) is 30.5 Å². The van der Waals surface area contributed by atoms with E-state index in [0.717, 1.165) is 0 Å². The Morgan fingerprint density at radius 3 is 2.70 bits per heavy atom. The van der Waals surface area contributed by atoms with Crippen LogP contribution in [0.5, 0.6) is 23.0 Å². The largest absolute Gasteiger partial charge is 0.492 e. The summed E-state index contributed by atoms with van der Waals surface area (Å²) in [6.45, 7) is 0.0246. The fourth-order valence-electron chi connectivity index (χ4n) is 4.40. The fourth-order valence-corrected chi connectivity index (χ4v) is 4.58. The number of carbonyl (C=O) groups excluding carboxylic acids is 1. The molecule has 1 atom stereocenters. The molecule has 2 aromatic carbocycles. The topological polar surface area (TPSA) is 108 Å². The molecule has 0 aliphatic carbocycles. The maximum Gasteiger partial charge on any atom is 0.339 e. The van der Waals surface area contributed by atoms with Crippen LogP contribution in [0.1, 0.15) is 34.0 Å². The van der Waals surface area contributed by atoms with Crippen molar-refractivity contribution in [2.45, 2.75) is 12.3 Å². The lowest BCUT2D eigenvalue weighted by atomic mass is 9.87. The number of methoxy groups -OCH3 is 2. The third-order valence-corrected chi connectivity index (χ3v) is 5.97. The van der Waals surface area contributed by atoms with E-state index < -0.39 is 11.9 Å². The summed E-state index contributed by atoms with van der Waals surface area (Å²) in [4.78, 5) is 24.7. The van der Waals surface area contributed by atoms with Crippen LogP contribution in [0.4, 0.5) is 5.69 Å². The number of hydrogen-bond acceptors (Lipinski definition) is 6. The molecule has 1 amide bonds. The van der Waals surface area contributed by atoms with Crippen molar-refractivity contribution in [1.29, 1.82) is 0 Å². The summed E-state index contributed by atoms with van der Waals surface area (Å²) >= 11 is 6.21. The van der Waals surface area contributed by atoms with Gasteiger partial charge in [-0.05, 0) is 24.3 Å². The van der Waals surface area contributed by atoms with Gasteiger partial charge in [0, 0.05) is 34.8 Å². The van der Waals surface area contributed by atoms with Crippen LogP contribution in [0.3, 0.4) is 0 Å². The number of nitrogens with zero attached hydrogens (tertiary/aromatic N) is 1. The van der Waals surface area contributed by atoms with E-state index in [0.29, 0.717) is 45.0 Å². The first-order valence-electron chi connectivity index (χ1n) is 10.0. The van der Waals surface area contributed by atoms with Crippen LogP contribution in [-0.4, -0.2) is 42.6 Å². The molecule has 10 heteroatoms. The highest BCUT2D eigenvalue weighted by Crippen LogP contribution is 2.54. The van der Waals surface area contributed by atoms with Crippen LogP contribution in [0.2, 0.25) is 5.02 Å². The average molecular weight is 471 g/mol. The minimum atomic E-state index is -1.16. The van der Waals surface area contributed by atoms with Gasteiger partial charge in [0.25, 0.3) is 0 Å². The Morgan fingerprint density at radius 1 is 1.21 bits per heavy atom. The molecule has 0 spiro atoms. The number of carboxylic acids is 1. The summed E-state index contributed by atoms with van der Waals surface area (Å²) in [5, 5.41) is 13.1. The maximum absolute atomic E-state index is 12.7. The molecule has 0 saturated heterocycles. The van der Waals surface area contributed by atoms with Gasteiger partial charge in [-0.2, -0.15) is 0 Å². The van der Waals surface area contributed by atoms with E-state index in [2.05, 4.69) is 5.32 Å².